The number of carbonyl (C=O) groups excluding carboxylic acids is 1. The summed E-state index contributed by atoms with van der Waals surface area (Å²) >= 11 is 5.79. The number of rotatable bonds is 6. The number of hydrazone groups is 1. The van der Waals surface area contributed by atoms with Crippen molar-refractivity contribution in [3.8, 4) is 11.3 Å². The molecule has 0 atom stereocenters. The molecule has 3 aromatic rings. The normalized spacial score (nSPS) is 10.8. The molecule has 0 aliphatic rings. The first kappa shape index (κ1) is 19.7. The number of hydrogen-bond acceptors (Lipinski definition) is 7. The quantitative estimate of drug-likeness (QED) is 0.364. The van der Waals surface area contributed by atoms with Crippen molar-refractivity contribution in [3.05, 3.63) is 91.2 Å². The Hall–Kier alpha value is -4.05. The minimum Gasteiger partial charge on any atom is -0.455 e. The monoisotopic (exact) mass is 414 g/mol. The van der Waals surface area contributed by atoms with Crippen LogP contribution in [0.25, 0.3) is 11.3 Å². The first-order valence-corrected chi connectivity index (χ1v) is 8.35. The van der Waals surface area contributed by atoms with Gasteiger partial charge in [0.25, 0.3) is 17.3 Å². The Labute approximate surface area is 167 Å². The van der Waals surface area contributed by atoms with Gasteiger partial charge in [-0.05, 0) is 30.3 Å². The van der Waals surface area contributed by atoms with Crippen LogP contribution in [0, 0.1) is 20.2 Å². The average molecular weight is 415 g/mol. The molecule has 0 radical (unpaired) electrons. The highest BCUT2D eigenvalue weighted by Crippen LogP contribution is 2.31. The number of carbonyl (C=O) groups is 1. The third kappa shape index (κ3) is 4.62. The van der Waals surface area contributed by atoms with E-state index in [1.165, 1.54) is 36.5 Å². The van der Waals surface area contributed by atoms with Crippen LogP contribution in [-0.4, -0.2) is 22.0 Å². The van der Waals surface area contributed by atoms with E-state index in [1.54, 1.807) is 18.2 Å². The Morgan fingerprint density at radius 3 is 2.59 bits per heavy atom. The van der Waals surface area contributed by atoms with Gasteiger partial charge >= 0.3 is 0 Å². The van der Waals surface area contributed by atoms with E-state index in [1.807, 2.05) is 0 Å². The van der Waals surface area contributed by atoms with Crippen LogP contribution in [0.3, 0.4) is 0 Å². The highest BCUT2D eigenvalue weighted by atomic mass is 35.5. The molecule has 0 saturated carbocycles. The molecule has 0 aliphatic heterocycles. The number of nitro benzene ring substituents is 2. The van der Waals surface area contributed by atoms with Gasteiger partial charge < -0.3 is 4.42 Å². The van der Waals surface area contributed by atoms with Crippen molar-refractivity contribution in [2.24, 2.45) is 5.10 Å². The van der Waals surface area contributed by atoms with Crippen molar-refractivity contribution in [1.29, 1.82) is 0 Å². The molecule has 10 nitrogen and oxygen atoms in total. The lowest BCUT2D eigenvalue weighted by molar-refractivity contribution is -0.385. The Balaban J connectivity index is 1.70. The Kier molecular flexibility index (Phi) is 5.65. The fraction of sp³-hybridized carbons (Fsp3) is 0. The third-order valence-corrected chi connectivity index (χ3v) is 4.05. The van der Waals surface area contributed by atoms with E-state index in [9.17, 15) is 25.0 Å². The number of nitrogens with zero attached hydrogens (tertiary/aromatic N) is 3. The number of nitrogens with one attached hydrogen (secondary N) is 1. The van der Waals surface area contributed by atoms with Crippen molar-refractivity contribution in [2.45, 2.75) is 0 Å². The number of halogens is 1. The average Bonchev–Trinajstić information content (AvgIpc) is 3.17. The standard InChI is InChI=1S/C18H11ClN4O6/c19-15-6-4-11(9-16(15)23(27)28)17-7-5-14(29-17)10-20-21-18(24)12-2-1-3-13(8-12)22(25)26/h1-10H,(H,21,24)/b20-10-. The lowest BCUT2D eigenvalue weighted by Crippen LogP contribution is -2.17. The van der Waals surface area contributed by atoms with E-state index in [-0.39, 0.29) is 27.7 Å². The maximum atomic E-state index is 12.0. The summed E-state index contributed by atoms with van der Waals surface area (Å²) in [5.74, 6) is -0.0155. The molecule has 1 amide bonds. The van der Waals surface area contributed by atoms with E-state index in [0.717, 1.165) is 6.07 Å². The summed E-state index contributed by atoms with van der Waals surface area (Å²) in [7, 11) is 0. The minimum atomic E-state index is -0.634. The van der Waals surface area contributed by atoms with Crippen LogP contribution in [-0.2, 0) is 0 Å². The molecule has 0 spiro atoms. The molecule has 1 aromatic heterocycles. The number of amides is 1. The Morgan fingerprint density at radius 2 is 1.86 bits per heavy atom. The van der Waals surface area contributed by atoms with Crippen molar-refractivity contribution in [1.82, 2.24) is 5.43 Å². The van der Waals surface area contributed by atoms with Gasteiger partial charge in [0.1, 0.15) is 16.5 Å². The SMILES string of the molecule is O=C(N/N=C\c1ccc(-c2ccc(Cl)c([N+](=O)[O-])c2)o1)c1cccc([N+](=O)[O-])c1. The van der Waals surface area contributed by atoms with E-state index in [4.69, 9.17) is 16.0 Å². The van der Waals surface area contributed by atoms with Crippen LogP contribution in [0.1, 0.15) is 16.1 Å². The molecule has 0 fully saturated rings. The second-order valence-corrected chi connectivity index (χ2v) is 6.04. The molecule has 0 bridgehead atoms. The largest absolute Gasteiger partial charge is 0.455 e. The highest BCUT2D eigenvalue weighted by molar-refractivity contribution is 6.32. The molecule has 2 aromatic carbocycles. The van der Waals surface area contributed by atoms with Crippen LogP contribution in [0.5, 0.6) is 0 Å². The predicted octanol–water partition coefficient (Wildman–Crippen LogP) is 4.18. The molecule has 11 heteroatoms. The topological polar surface area (TPSA) is 141 Å². The van der Waals surface area contributed by atoms with Crippen LogP contribution < -0.4 is 5.43 Å². The molecule has 3 rings (SSSR count). The maximum absolute atomic E-state index is 12.0. The minimum absolute atomic E-state index is 0.0101. The second-order valence-electron chi connectivity index (χ2n) is 5.63. The molecule has 146 valence electrons. The third-order valence-electron chi connectivity index (χ3n) is 3.73. The number of nitro groups is 2. The van der Waals surface area contributed by atoms with Crippen molar-refractivity contribution < 1.29 is 19.1 Å². The zero-order valence-electron chi connectivity index (χ0n) is 14.4. The highest BCUT2D eigenvalue weighted by Gasteiger charge is 2.15. The van der Waals surface area contributed by atoms with Gasteiger partial charge in [-0.2, -0.15) is 5.10 Å². The fourth-order valence-corrected chi connectivity index (χ4v) is 2.55. The van der Waals surface area contributed by atoms with Crippen molar-refractivity contribution >= 4 is 35.1 Å². The van der Waals surface area contributed by atoms with Gasteiger partial charge in [0, 0.05) is 29.3 Å². The van der Waals surface area contributed by atoms with Gasteiger partial charge in [0.2, 0.25) is 0 Å². The number of hydrogen-bond donors (Lipinski definition) is 1. The maximum Gasteiger partial charge on any atom is 0.288 e. The Morgan fingerprint density at radius 1 is 1.07 bits per heavy atom. The zero-order valence-corrected chi connectivity index (χ0v) is 15.2. The molecular formula is C18H11ClN4O6. The lowest BCUT2D eigenvalue weighted by atomic mass is 10.1. The fourth-order valence-electron chi connectivity index (χ4n) is 2.36. The predicted molar refractivity (Wildman–Crippen MR) is 104 cm³/mol. The van der Waals surface area contributed by atoms with Gasteiger partial charge in [-0.25, -0.2) is 5.43 Å². The summed E-state index contributed by atoms with van der Waals surface area (Å²) in [5.41, 5.74) is 2.29. The van der Waals surface area contributed by atoms with Gasteiger partial charge in [0.15, 0.2) is 0 Å². The van der Waals surface area contributed by atoms with Crippen LogP contribution in [0.15, 0.2) is 64.1 Å². The number of non-ortho nitro benzene ring substituents is 1. The molecular weight excluding hydrogens is 404 g/mol. The van der Waals surface area contributed by atoms with Gasteiger partial charge in [-0.1, -0.05) is 17.7 Å². The molecule has 0 unspecified atom stereocenters. The number of benzene rings is 2. The summed E-state index contributed by atoms with van der Waals surface area (Å²) in [6.45, 7) is 0. The Bertz CT molecular complexity index is 1140. The summed E-state index contributed by atoms with van der Waals surface area (Å²) < 4.78 is 5.53. The van der Waals surface area contributed by atoms with Crippen molar-refractivity contribution in [2.75, 3.05) is 0 Å². The van der Waals surface area contributed by atoms with Gasteiger partial charge in [-0.15, -0.1) is 0 Å². The lowest BCUT2D eigenvalue weighted by Gasteiger charge is -2.00. The molecule has 0 aliphatic carbocycles. The molecule has 29 heavy (non-hydrogen) atoms. The second kappa shape index (κ2) is 8.31. The van der Waals surface area contributed by atoms with Gasteiger partial charge in [0.05, 0.1) is 16.1 Å². The van der Waals surface area contributed by atoms with Crippen molar-refractivity contribution in [3.63, 3.8) is 0 Å². The summed E-state index contributed by atoms with van der Waals surface area (Å²) in [6, 6.07) is 12.6. The molecule has 1 heterocycles. The number of furan rings is 1. The summed E-state index contributed by atoms with van der Waals surface area (Å²) in [5, 5.41) is 25.5. The first-order valence-electron chi connectivity index (χ1n) is 7.97. The zero-order chi connectivity index (χ0) is 21.0. The first-order chi connectivity index (χ1) is 13.8. The van der Waals surface area contributed by atoms with Crippen LogP contribution in [0.2, 0.25) is 5.02 Å². The van der Waals surface area contributed by atoms with E-state index in [0.29, 0.717) is 11.3 Å². The van der Waals surface area contributed by atoms with Crippen LogP contribution in [0.4, 0.5) is 11.4 Å². The van der Waals surface area contributed by atoms with Crippen LogP contribution >= 0.6 is 11.6 Å². The smallest absolute Gasteiger partial charge is 0.288 e. The van der Waals surface area contributed by atoms with Gasteiger partial charge in [-0.3, -0.25) is 25.0 Å². The van der Waals surface area contributed by atoms with E-state index < -0.39 is 15.8 Å². The van der Waals surface area contributed by atoms with E-state index in [2.05, 4.69) is 10.5 Å². The van der Waals surface area contributed by atoms with E-state index >= 15 is 0 Å². The molecule has 0 saturated heterocycles. The summed E-state index contributed by atoms with van der Waals surface area (Å²) in [6.07, 6.45) is 1.23. The summed E-state index contributed by atoms with van der Waals surface area (Å²) in [4.78, 5) is 32.6. The molecule has 1 N–H and O–H groups in total.